The zero-order valence-corrected chi connectivity index (χ0v) is 18.3. The van der Waals surface area contributed by atoms with E-state index in [0.29, 0.717) is 0 Å². The van der Waals surface area contributed by atoms with Crippen LogP contribution in [0.15, 0.2) is 128 Å². The molecule has 0 fully saturated rings. The molecular weight excluding hydrogens is 460 g/mol. The number of halogens is 1. The number of rotatable bonds is 4. The van der Waals surface area contributed by atoms with E-state index >= 15 is 0 Å². The van der Waals surface area contributed by atoms with Crippen molar-refractivity contribution < 1.29 is 15.0 Å². The molecule has 0 spiro atoms. The van der Waals surface area contributed by atoms with E-state index in [4.69, 9.17) is 5.11 Å². The lowest BCUT2D eigenvalue weighted by Gasteiger charge is -2.07. The lowest BCUT2D eigenvalue weighted by Crippen LogP contribution is -2.04. The van der Waals surface area contributed by atoms with Crippen molar-refractivity contribution in [3.8, 4) is 5.75 Å². The lowest BCUT2D eigenvalue weighted by atomic mass is 10.2. The first kappa shape index (κ1) is 21.7. The highest BCUT2D eigenvalue weighted by Crippen LogP contribution is 2.31. The highest BCUT2D eigenvalue weighted by molar-refractivity contribution is 9.10. The molecule has 0 aromatic heterocycles. The minimum atomic E-state index is -1.18. The smallest absolute Gasteiger partial charge is 0.335 e. The van der Waals surface area contributed by atoms with Crippen molar-refractivity contribution in [2.75, 3.05) is 0 Å². The fourth-order valence-electron chi connectivity index (χ4n) is 2.74. The first-order chi connectivity index (χ1) is 14.6. The normalized spacial score (nSPS) is 10.2. The van der Waals surface area contributed by atoms with Crippen LogP contribution in [0.25, 0.3) is 0 Å². The van der Waals surface area contributed by atoms with Crippen LogP contribution < -0.4 is 5.11 Å². The van der Waals surface area contributed by atoms with Crippen molar-refractivity contribution >= 4 is 32.8 Å². The molecule has 0 aliphatic carbocycles. The summed E-state index contributed by atoms with van der Waals surface area (Å²) in [5.74, 6) is -1.62. The van der Waals surface area contributed by atoms with Crippen LogP contribution in [0.5, 0.6) is 5.75 Å². The molecule has 0 heterocycles. The van der Waals surface area contributed by atoms with Crippen LogP contribution in [0.3, 0.4) is 0 Å². The van der Waals surface area contributed by atoms with Crippen molar-refractivity contribution in [3.63, 3.8) is 0 Å². The summed E-state index contributed by atoms with van der Waals surface area (Å²) >= 11 is 3.51. The van der Waals surface area contributed by atoms with Gasteiger partial charge in [-0.05, 0) is 54.6 Å². The van der Waals surface area contributed by atoms with Crippen LogP contribution in [-0.4, -0.2) is 11.1 Å². The quantitative estimate of drug-likeness (QED) is 0.365. The van der Waals surface area contributed by atoms with Gasteiger partial charge in [0, 0.05) is 4.47 Å². The van der Waals surface area contributed by atoms with Gasteiger partial charge in [-0.15, -0.1) is 0 Å². The highest BCUT2D eigenvalue weighted by atomic mass is 79.9. The second-order valence-electron chi connectivity index (χ2n) is 6.19. The predicted molar refractivity (Wildman–Crippen MR) is 122 cm³/mol. The third-order valence-corrected chi connectivity index (χ3v) is 6.88. The van der Waals surface area contributed by atoms with E-state index in [2.05, 4.69) is 101 Å². The van der Waals surface area contributed by atoms with Gasteiger partial charge in [0.05, 0.1) is 16.5 Å². The fraction of sp³-hybridized carbons (Fsp3) is 0. The lowest BCUT2D eigenvalue weighted by molar-refractivity contribution is -0.268. The van der Waals surface area contributed by atoms with Gasteiger partial charge in [0.15, 0.2) is 14.7 Å². The summed E-state index contributed by atoms with van der Waals surface area (Å²) in [5.41, 5.74) is -0.178. The summed E-state index contributed by atoms with van der Waals surface area (Å²) < 4.78 is 1.12. The van der Waals surface area contributed by atoms with Gasteiger partial charge in [0.2, 0.25) is 0 Å². The van der Waals surface area contributed by atoms with Crippen LogP contribution in [0.4, 0.5) is 0 Å². The third kappa shape index (κ3) is 5.75. The maximum Gasteiger partial charge on any atom is 0.335 e. The first-order valence-corrected chi connectivity index (χ1v) is 11.2. The third-order valence-electron chi connectivity index (χ3n) is 4.12. The van der Waals surface area contributed by atoms with Crippen LogP contribution in [0.2, 0.25) is 0 Å². The standard InChI is InChI=1S/C18H14BrS.C7H6O3/c19-15-11-13-18(14-12-15)20(16-7-3-1-4-8-16)17-9-5-2-6-10-17;8-6-4-2-1-3-5(6)7(9)10/h1-14H;1-4,8H,(H,9,10)/q+1;/p-1. The number of benzene rings is 4. The second kappa shape index (κ2) is 10.7. The minimum Gasteiger partial charge on any atom is -0.872 e. The SMILES string of the molecule is Brc1ccc([S+](c2ccccc2)c2ccccc2)cc1.O=C(O)c1ccccc1[O-]. The summed E-state index contributed by atoms with van der Waals surface area (Å²) in [6, 6.07) is 35.6. The van der Waals surface area contributed by atoms with Gasteiger partial charge in [0.25, 0.3) is 0 Å². The number of carbonyl (C=O) groups is 1. The summed E-state index contributed by atoms with van der Waals surface area (Å²) in [5, 5.41) is 19.0. The number of carboxylic acid groups (broad SMARTS) is 1. The summed E-state index contributed by atoms with van der Waals surface area (Å²) in [4.78, 5) is 14.3. The van der Waals surface area contributed by atoms with Gasteiger partial charge >= 0.3 is 5.97 Å². The zero-order chi connectivity index (χ0) is 21.3. The number of hydrogen-bond acceptors (Lipinski definition) is 2. The maximum absolute atomic E-state index is 10.7. The first-order valence-electron chi connectivity index (χ1n) is 9.15. The summed E-state index contributed by atoms with van der Waals surface area (Å²) in [6.45, 7) is 0. The van der Waals surface area contributed by atoms with E-state index in [-0.39, 0.29) is 16.5 Å². The van der Waals surface area contributed by atoms with E-state index in [1.165, 1.54) is 39.0 Å². The van der Waals surface area contributed by atoms with Gasteiger partial charge in [-0.1, -0.05) is 76.3 Å². The molecule has 4 rings (SSSR count). The molecule has 4 aromatic rings. The van der Waals surface area contributed by atoms with Crippen LogP contribution in [-0.2, 0) is 10.9 Å². The Balaban J connectivity index is 0.000000216. The predicted octanol–water partition coefficient (Wildman–Crippen LogP) is 6.00. The Bertz CT molecular complexity index is 1040. The van der Waals surface area contributed by atoms with E-state index < -0.39 is 11.7 Å². The molecule has 0 aliphatic rings. The largest absolute Gasteiger partial charge is 0.872 e. The molecule has 0 unspecified atom stereocenters. The van der Waals surface area contributed by atoms with Gasteiger partial charge in [-0.2, -0.15) is 0 Å². The van der Waals surface area contributed by atoms with E-state index in [0.717, 1.165) is 4.47 Å². The minimum absolute atomic E-state index is 0.0437. The molecule has 3 nitrogen and oxygen atoms in total. The molecule has 0 saturated heterocycles. The Kier molecular flexibility index (Phi) is 7.71. The molecule has 4 aromatic carbocycles. The van der Waals surface area contributed by atoms with Crippen LogP contribution in [0.1, 0.15) is 10.4 Å². The average Bonchev–Trinajstić information content (AvgIpc) is 2.77. The number of aromatic carboxylic acids is 1. The number of carboxylic acids is 1. The Morgan fingerprint density at radius 3 is 1.53 bits per heavy atom. The van der Waals surface area contributed by atoms with Crippen LogP contribution >= 0.6 is 15.9 Å². The van der Waals surface area contributed by atoms with E-state index in [9.17, 15) is 9.90 Å². The van der Waals surface area contributed by atoms with Gasteiger partial charge in [0.1, 0.15) is 0 Å². The molecular formula is C25H19BrO3S. The van der Waals surface area contributed by atoms with Crippen molar-refractivity contribution in [1.82, 2.24) is 0 Å². The molecule has 150 valence electrons. The molecule has 30 heavy (non-hydrogen) atoms. The van der Waals surface area contributed by atoms with E-state index in [1.807, 2.05) is 0 Å². The van der Waals surface area contributed by atoms with Crippen molar-refractivity contribution in [3.05, 3.63) is 119 Å². The second-order valence-corrected chi connectivity index (χ2v) is 9.13. The Morgan fingerprint density at radius 2 is 1.10 bits per heavy atom. The van der Waals surface area contributed by atoms with Crippen LogP contribution in [0, 0.1) is 0 Å². The van der Waals surface area contributed by atoms with Crippen molar-refractivity contribution in [2.45, 2.75) is 14.7 Å². The van der Waals surface area contributed by atoms with E-state index in [1.54, 1.807) is 0 Å². The monoisotopic (exact) mass is 478 g/mol. The number of hydrogen-bond donors (Lipinski definition) is 1. The van der Waals surface area contributed by atoms with Gasteiger partial charge in [-0.25, -0.2) is 4.79 Å². The molecule has 0 bridgehead atoms. The molecule has 0 atom stereocenters. The average molecular weight is 479 g/mol. The Morgan fingerprint density at radius 1 is 0.667 bits per heavy atom. The molecule has 0 amide bonds. The Hall–Kier alpha value is -3.02. The maximum atomic E-state index is 10.7. The molecule has 0 aliphatic heterocycles. The van der Waals surface area contributed by atoms with Crippen molar-refractivity contribution in [2.24, 2.45) is 0 Å². The van der Waals surface area contributed by atoms with Crippen molar-refractivity contribution in [1.29, 1.82) is 0 Å². The summed E-state index contributed by atoms with van der Waals surface area (Å²) in [7, 11) is -0.0437. The van der Waals surface area contributed by atoms with Gasteiger partial charge < -0.3 is 10.2 Å². The fourth-order valence-corrected chi connectivity index (χ4v) is 5.08. The molecule has 0 saturated carbocycles. The molecule has 5 heteroatoms. The molecule has 0 radical (unpaired) electrons. The zero-order valence-electron chi connectivity index (χ0n) is 15.9. The summed E-state index contributed by atoms with van der Waals surface area (Å²) in [6.07, 6.45) is 0. The highest BCUT2D eigenvalue weighted by Gasteiger charge is 2.27. The Labute approximate surface area is 187 Å². The van der Waals surface area contributed by atoms with Gasteiger partial charge in [-0.3, -0.25) is 0 Å². The topological polar surface area (TPSA) is 60.4 Å². The molecule has 1 N–H and O–H groups in total. The number of para-hydroxylation sites is 1.